The van der Waals surface area contributed by atoms with Crippen LogP contribution in [0.25, 0.3) is 0 Å². The summed E-state index contributed by atoms with van der Waals surface area (Å²) in [5, 5.41) is 0. The predicted octanol–water partition coefficient (Wildman–Crippen LogP) is 0.257. The van der Waals surface area contributed by atoms with Gasteiger partial charge in [-0.15, -0.1) is 0 Å². The minimum atomic E-state index is -0.730. The highest BCUT2D eigenvalue weighted by molar-refractivity contribution is 8.64. The highest BCUT2D eigenvalue weighted by atomic mass is 32.3. The fourth-order valence-corrected chi connectivity index (χ4v) is 3.99. The minimum Gasteiger partial charge on any atom is -0.365 e. The number of hydrogen-bond donors (Lipinski definition) is 0. The Labute approximate surface area is 109 Å². The minimum absolute atomic E-state index is 0.0745. The van der Waals surface area contributed by atoms with Crippen LogP contribution < -0.4 is 4.81 Å². The zero-order valence-corrected chi connectivity index (χ0v) is 12.3. The van der Waals surface area contributed by atoms with Crippen molar-refractivity contribution >= 4 is 43.6 Å². The molecule has 0 saturated carbocycles. The highest BCUT2D eigenvalue weighted by Gasteiger charge is 2.15. The van der Waals surface area contributed by atoms with E-state index in [-0.39, 0.29) is 5.91 Å². The van der Waals surface area contributed by atoms with Crippen LogP contribution in [0.3, 0.4) is 0 Å². The molecule has 0 spiro atoms. The average molecular weight is 247 g/mol. The summed E-state index contributed by atoms with van der Waals surface area (Å²) >= 11 is 0. The zero-order valence-electron chi connectivity index (χ0n) is 11.5. The third-order valence-corrected chi connectivity index (χ3v) is 5.99. The second-order valence-electron chi connectivity index (χ2n) is 4.82. The molecule has 0 heterocycles. The summed E-state index contributed by atoms with van der Waals surface area (Å²) in [6, 6.07) is 8.38. The second kappa shape index (κ2) is 5.72. The van der Waals surface area contributed by atoms with Crippen LogP contribution in [0.2, 0.25) is 0 Å². The number of carbonyl (C=O) groups is 1. The van der Waals surface area contributed by atoms with E-state index in [2.05, 4.69) is 39.4 Å². The first-order valence-corrected chi connectivity index (χ1v) is 8.55. The largest absolute Gasteiger partial charge is 0.365 e. The molecule has 2 nitrogen and oxygen atoms in total. The third kappa shape index (κ3) is 3.60. The molecule has 0 unspecified atom stereocenters. The van der Waals surface area contributed by atoms with E-state index in [0.717, 1.165) is 5.69 Å². The Bertz CT molecular complexity index is 411. The average Bonchev–Trinajstić information content (AvgIpc) is 2.28. The fourth-order valence-electron chi connectivity index (χ4n) is 1.85. The maximum absolute atomic E-state index is 11.4. The van der Waals surface area contributed by atoms with Crippen LogP contribution in [0.4, 0.5) is 5.69 Å². The number of hydrogen-bond acceptors (Lipinski definition) is 1. The Balaban J connectivity index is 3.04. The fraction of sp³-hybridized carbons (Fsp3) is 0.364. The van der Waals surface area contributed by atoms with E-state index >= 15 is 0 Å². The van der Waals surface area contributed by atoms with Gasteiger partial charge in [-0.1, -0.05) is 19.1 Å². The molecule has 1 amide bonds. The van der Waals surface area contributed by atoms with Crippen molar-refractivity contribution in [3.8, 4) is 0 Å². The molecule has 0 radical (unpaired) electrons. The van der Waals surface area contributed by atoms with Gasteiger partial charge < -0.3 is 4.81 Å². The summed E-state index contributed by atoms with van der Waals surface area (Å²) < 4.78 is 0. The first kappa shape index (κ1) is 14.3. The normalized spacial score (nSPS) is 12.1. The summed E-state index contributed by atoms with van der Waals surface area (Å²) in [6.07, 6.45) is 1.20. The van der Waals surface area contributed by atoms with Crippen LogP contribution in [0.15, 0.2) is 29.2 Å². The van der Waals surface area contributed by atoms with Crippen molar-refractivity contribution in [2.45, 2.75) is 25.2 Å². The van der Waals surface area contributed by atoms with Crippen LogP contribution in [-0.2, 0) is 4.79 Å². The van der Waals surface area contributed by atoms with Crippen LogP contribution in [0.5, 0.6) is 0 Å². The molecule has 17 heavy (non-hydrogen) atoms. The lowest BCUT2D eigenvalue weighted by molar-refractivity contribution is -0.115. The van der Waals surface area contributed by atoms with Crippen LogP contribution >= 0.6 is 9.73 Å². The zero-order chi connectivity index (χ0) is 13.1. The molecular formula is C11H20B3NOS. The summed E-state index contributed by atoms with van der Waals surface area (Å²) in [6.45, 7) is 3.82. The van der Waals surface area contributed by atoms with Crippen molar-refractivity contribution in [1.29, 1.82) is 0 Å². The van der Waals surface area contributed by atoms with Crippen LogP contribution in [0.1, 0.15) is 20.3 Å². The molecule has 0 bridgehead atoms. The molecule has 0 fully saturated rings. The molecule has 1 rings (SSSR count). The van der Waals surface area contributed by atoms with E-state index in [0.29, 0.717) is 0 Å². The number of nitrogens with zero attached hydrogens (tertiary/aromatic N) is 1. The molecular weight excluding hydrogens is 227 g/mol. The van der Waals surface area contributed by atoms with Crippen molar-refractivity contribution in [1.82, 2.24) is 0 Å². The van der Waals surface area contributed by atoms with Crippen LogP contribution in [-0.4, -0.2) is 33.9 Å². The van der Waals surface area contributed by atoms with Gasteiger partial charge in [-0.2, -0.15) is 0 Å². The molecule has 1 aromatic carbocycles. The first-order chi connectivity index (χ1) is 7.88. The van der Waals surface area contributed by atoms with Gasteiger partial charge in [0.05, 0.1) is 0 Å². The van der Waals surface area contributed by atoms with Gasteiger partial charge in [0.25, 0.3) is 0 Å². The lowest BCUT2D eigenvalue weighted by Gasteiger charge is -2.33. The third-order valence-electron chi connectivity index (χ3n) is 3.03. The van der Waals surface area contributed by atoms with Gasteiger partial charge in [0.2, 0.25) is 13.9 Å². The van der Waals surface area contributed by atoms with Crippen molar-refractivity contribution in [3.63, 3.8) is 0 Å². The second-order valence-corrected chi connectivity index (χ2v) is 8.77. The van der Waals surface area contributed by atoms with Crippen molar-refractivity contribution in [2.24, 2.45) is 0 Å². The monoisotopic (exact) mass is 247 g/mol. The van der Waals surface area contributed by atoms with Gasteiger partial charge in [0.1, 0.15) is 14.2 Å². The van der Waals surface area contributed by atoms with E-state index in [4.69, 9.17) is 0 Å². The van der Waals surface area contributed by atoms with Crippen molar-refractivity contribution in [2.75, 3.05) is 10.6 Å². The van der Waals surface area contributed by atoms with Gasteiger partial charge in [0.15, 0.2) is 0 Å². The molecule has 0 aromatic heterocycles. The molecule has 0 aliphatic heterocycles. The Kier molecular flexibility index (Phi) is 4.81. The molecule has 6 heteroatoms. The topological polar surface area (TPSA) is 20.3 Å². The molecule has 90 valence electrons. The van der Waals surface area contributed by atoms with Crippen molar-refractivity contribution < 1.29 is 4.79 Å². The summed E-state index contributed by atoms with van der Waals surface area (Å²) in [5.74, 6) is 1.31. The number of rotatable bonds is 4. The summed E-state index contributed by atoms with van der Waals surface area (Å²) in [7, 11) is 5.77. The molecule has 0 aliphatic carbocycles. The van der Waals surface area contributed by atoms with E-state index < -0.39 is 9.73 Å². The molecule has 0 aliphatic rings. The lowest BCUT2D eigenvalue weighted by atomic mass is 10.2. The summed E-state index contributed by atoms with van der Waals surface area (Å²) in [4.78, 5) is 14.4. The first-order valence-electron chi connectivity index (χ1n) is 5.94. The number of anilines is 1. The Morgan fingerprint density at radius 2 is 2.06 bits per heavy atom. The van der Waals surface area contributed by atoms with Gasteiger partial charge in [-0.05, 0) is 29.2 Å². The van der Waals surface area contributed by atoms with Crippen LogP contribution in [0, 0.1) is 0 Å². The molecule has 0 N–H and O–H groups in total. The predicted molar refractivity (Wildman–Crippen MR) is 86.2 cm³/mol. The highest BCUT2D eigenvalue weighted by Crippen LogP contribution is 2.48. The lowest BCUT2D eigenvalue weighted by Crippen LogP contribution is -2.24. The number of amides is 1. The summed E-state index contributed by atoms with van der Waals surface area (Å²) in [5.41, 5.74) is 0.992. The van der Waals surface area contributed by atoms with E-state index in [1.807, 2.05) is 14.0 Å². The van der Waals surface area contributed by atoms with Gasteiger partial charge in [0, 0.05) is 12.6 Å². The Hall–Kier alpha value is -0.765. The van der Waals surface area contributed by atoms with E-state index in [1.165, 1.54) is 17.1 Å². The molecule has 0 atom stereocenters. The Morgan fingerprint density at radius 1 is 1.41 bits per heavy atom. The van der Waals surface area contributed by atoms with Gasteiger partial charge in [-0.25, -0.2) is 0 Å². The van der Waals surface area contributed by atoms with Crippen molar-refractivity contribution in [3.05, 3.63) is 24.3 Å². The number of benzene rings is 1. The smallest absolute Gasteiger partial charge is 0.227 e. The SMILES string of the molecule is BN(C(C)=O)c1cccc(S(B)(B)CCC)c1. The quantitative estimate of drug-likeness (QED) is 0.698. The van der Waals surface area contributed by atoms with E-state index in [1.54, 1.807) is 11.7 Å². The maximum Gasteiger partial charge on any atom is 0.227 e. The van der Waals surface area contributed by atoms with E-state index in [9.17, 15) is 4.79 Å². The standard InChI is InChI=1S/C11H20B3NOS/c1-3-7-17(13,14)11-6-4-5-10(8-11)15(12)9(2)16/h4-6,8H,3,7,12-14H2,1-2H3. The molecule has 1 aromatic rings. The molecule has 0 saturated heterocycles. The van der Waals surface area contributed by atoms with Gasteiger partial charge in [-0.3, -0.25) is 14.5 Å². The maximum atomic E-state index is 11.4. The van der Waals surface area contributed by atoms with Gasteiger partial charge >= 0.3 is 0 Å². The number of carbonyl (C=O) groups excluding carboxylic acids is 1. The Morgan fingerprint density at radius 3 is 2.59 bits per heavy atom.